The molecule has 1 aromatic carbocycles. The molecule has 0 radical (unpaired) electrons. The predicted octanol–water partition coefficient (Wildman–Crippen LogP) is 2.12. The Morgan fingerprint density at radius 3 is 2.67 bits per heavy atom. The molecule has 0 spiro atoms. The number of thioether (sulfide) groups is 1. The minimum atomic E-state index is -0.554. The number of carbonyl (C=O) groups is 2. The number of fused-ring (bicyclic) bond motifs is 1. The third-order valence-corrected chi connectivity index (χ3v) is 4.64. The number of benzene rings is 1. The molecule has 0 unspecified atom stereocenters. The molecule has 0 bridgehead atoms. The van der Waals surface area contributed by atoms with Gasteiger partial charge in [-0.15, -0.1) is 0 Å². The van der Waals surface area contributed by atoms with E-state index in [1.165, 1.54) is 12.3 Å². The average molecular weight is 386 g/mol. The number of carbonyl (C=O) groups excluding carboxylic acids is 2. The Balaban J connectivity index is 1.70. The number of hydrazine groups is 1. The zero-order valence-electron chi connectivity index (χ0n) is 14.8. The van der Waals surface area contributed by atoms with Crippen molar-refractivity contribution in [3.63, 3.8) is 0 Å². The van der Waals surface area contributed by atoms with Gasteiger partial charge in [-0.1, -0.05) is 23.9 Å². The van der Waals surface area contributed by atoms with Gasteiger partial charge in [0.05, 0.1) is 22.9 Å². The van der Waals surface area contributed by atoms with Crippen LogP contribution < -0.4 is 16.4 Å². The standard InChI is InChI=1S/C18H18N4O4S/c1-11(2)22-17(25)12-6-3-4-7-13(12)19-18(22)27-10-15(23)20-21-16(24)14-8-5-9-26-14/h3-9,11H,10H2,1-2H3,(H,20,23)(H,21,24). The number of nitrogens with one attached hydrogen (secondary N) is 2. The third-order valence-electron chi connectivity index (χ3n) is 3.68. The first kappa shape index (κ1) is 18.7. The minimum Gasteiger partial charge on any atom is -0.459 e. The second kappa shape index (κ2) is 8.09. The van der Waals surface area contributed by atoms with Gasteiger partial charge in [-0.05, 0) is 38.1 Å². The normalized spacial score (nSPS) is 10.9. The second-order valence-corrected chi connectivity index (χ2v) is 6.89. The molecule has 2 aromatic heterocycles. The minimum absolute atomic E-state index is 0.0179. The Morgan fingerprint density at radius 2 is 1.96 bits per heavy atom. The molecule has 0 aliphatic rings. The van der Waals surface area contributed by atoms with Crippen LogP contribution in [0.15, 0.2) is 57.0 Å². The summed E-state index contributed by atoms with van der Waals surface area (Å²) in [4.78, 5) is 41.0. The van der Waals surface area contributed by atoms with Gasteiger partial charge in [-0.2, -0.15) is 0 Å². The van der Waals surface area contributed by atoms with Gasteiger partial charge in [0, 0.05) is 6.04 Å². The maximum atomic E-state index is 12.7. The fraction of sp³-hybridized carbons (Fsp3) is 0.222. The van der Waals surface area contributed by atoms with Gasteiger partial charge in [0.15, 0.2) is 10.9 Å². The van der Waals surface area contributed by atoms with E-state index >= 15 is 0 Å². The number of hydrogen-bond acceptors (Lipinski definition) is 6. The smallest absolute Gasteiger partial charge is 0.305 e. The molecule has 0 aliphatic heterocycles. The summed E-state index contributed by atoms with van der Waals surface area (Å²) in [6, 6.07) is 10.0. The lowest BCUT2D eigenvalue weighted by molar-refractivity contribution is -0.119. The molecule has 140 valence electrons. The summed E-state index contributed by atoms with van der Waals surface area (Å²) in [5.41, 5.74) is 5.00. The summed E-state index contributed by atoms with van der Waals surface area (Å²) in [6.45, 7) is 3.76. The lowest BCUT2D eigenvalue weighted by Gasteiger charge is -2.16. The van der Waals surface area contributed by atoms with E-state index in [0.29, 0.717) is 16.1 Å². The number of hydrogen-bond donors (Lipinski definition) is 2. The quantitative estimate of drug-likeness (QED) is 0.395. The fourth-order valence-electron chi connectivity index (χ4n) is 2.44. The largest absolute Gasteiger partial charge is 0.459 e. The van der Waals surface area contributed by atoms with E-state index < -0.39 is 11.8 Å². The molecule has 0 fully saturated rings. The molecule has 9 heteroatoms. The Bertz CT molecular complexity index is 1030. The van der Waals surface area contributed by atoms with E-state index in [2.05, 4.69) is 15.8 Å². The summed E-state index contributed by atoms with van der Waals surface area (Å²) >= 11 is 1.13. The van der Waals surface area contributed by atoms with Crippen molar-refractivity contribution < 1.29 is 14.0 Å². The molecular weight excluding hydrogens is 368 g/mol. The van der Waals surface area contributed by atoms with Crippen LogP contribution in [0.5, 0.6) is 0 Å². The van der Waals surface area contributed by atoms with Gasteiger partial charge in [0.2, 0.25) is 5.91 Å². The van der Waals surface area contributed by atoms with Crippen molar-refractivity contribution in [2.24, 2.45) is 0 Å². The Morgan fingerprint density at radius 1 is 1.19 bits per heavy atom. The maximum Gasteiger partial charge on any atom is 0.305 e. The molecule has 2 heterocycles. The van der Waals surface area contributed by atoms with Crippen molar-refractivity contribution in [2.75, 3.05) is 5.75 Å². The number of aromatic nitrogens is 2. The molecule has 0 saturated heterocycles. The third kappa shape index (κ3) is 4.20. The summed E-state index contributed by atoms with van der Waals surface area (Å²) in [5, 5.41) is 0.979. The molecule has 3 aromatic rings. The predicted molar refractivity (Wildman–Crippen MR) is 101 cm³/mol. The molecule has 0 aliphatic carbocycles. The highest BCUT2D eigenvalue weighted by Crippen LogP contribution is 2.20. The van der Waals surface area contributed by atoms with Crippen molar-refractivity contribution in [2.45, 2.75) is 25.0 Å². The zero-order chi connectivity index (χ0) is 19.4. The number of amides is 2. The van der Waals surface area contributed by atoms with Crippen LogP contribution in [0.1, 0.15) is 30.4 Å². The first-order valence-corrected chi connectivity index (χ1v) is 9.22. The highest BCUT2D eigenvalue weighted by Gasteiger charge is 2.16. The highest BCUT2D eigenvalue weighted by molar-refractivity contribution is 7.99. The van der Waals surface area contributed by atoms with Crippen LogP contribution in [-0.4, -0.2) is 27.1 Å². The highest BCUT2D eigenvalue weighted by atomic mass is 32.2. The van der Waals surface area contributed by atoms with Crippen molar-refractivity contribution in [3.8, 4) is 0 Å². The van der Waals surface area contributed by atoms with Crippen LogP contribution in [0.25, 0.3) is 10.9 Å². The number of nitrogens with zero attached hydrogens (tertiary/aromatic N) is 2. The van der Waals surface area contributed by atoms with Gasteiger partial charge in [-0.25, -0.2) is 4.98 Å². The summed E-state index contributed by atoms with van der Waals surface area (Å²) in [5.74, 6) is -0.915. The van der Waals surface area contributed by atoms with E-state index in [-0.39, 0.29) is 23.1 Å². The van der Waals surface area contributed by atoms with Crippen LogP contribution in [0.2, 0.25) is 0 Å². The van der Waals surface area contributed by atoms with Crippen LogP contribution in [0, 0.1) is 0 Å². The molecule has 2 amide bonds. The van der Waals surface area contributed by atoms with Crippen LogP contribution in [0.4, 0.5) is 0 Å². The number of rotatable bonds is 5. The van der Waals surface area contributed by atoms with Gasteiger partial charge in [0.1, 0.15) is 0 Å². The summed E-state index contributed by atoms with van der Waals surface area (Å²) < 4.78 is 6.49. The van der Waals surface area contributed by atoms with E-state index in [4.69, 9.17) is 4.42 Å². The first-order chi connectivity index (χ1) is 13.0. The molecular formula is C18H18N4O4S. The van der Waals surface area contributed by atoms with Crippen molar-refractivity contribution in [1.29, 1.82) is 0 Å². The molecule has 27 heavy (non-hydrogen) atoms. The topological polar surface area (TPSA) is 106 Å². The SMILES string of the molecule is CC(C)n1c(SCC(=O)NNC(=O)c2ccco2)nc2ccccc2c1=O. The van der Waals surface area contributed by atoms with Crippen molar-refractivity contribution in [1.82, 2.24) is 20.4 Å². The molecule has 2 N–H and O–H groups in total. The van der Waals surface area contributed by atoms with Crippen LogP contribution in [0.3, 0.4) is 0 Å². The van der Waals surface area contributed by atoms with E-state index in [9.17, 15) is 14.4 Å². The Labute approximate surface area is 158 Å². The summed E-state index contributed by atoms with van der Waals surface area (Å²) in [7, 11) is 0. The summed E-state index contributed by atoms with van der Waals surface area (Å²) in [6.07, 6.45) is 1.36. The molecule has 8 nitrogen and oxygen atoms in total. The average Bonchev–Trinajstić information content (AvgIpc) is 3.19. The van der Waals surface area contributed by atoms with Gasteiger partial charge >= 0.3 is 5.91 Å². The molecule has 0 atom stereocenters. The molecule has 3 rings (SSSR count). The fourth-order valence-corrected chi connectivity index (χ4v) is 3.37. The van der Waals surface area contributed by atoms with Crippen molar-refractivity contribution >= 4 is 34.5 Å². The number of furan rings is 1. The second-order valence-electron chi connectivity index (χ2n) is 5.95. The van der Waals surface area contributed by atoms with Crippen LogP contribution >= 0.6 is 11.8 Å². The van der Waals surface area contributed by atoms with Gasteiger partial charge < -0.3 is 4.42 Å². The molecule has 0 saturated carbocycles. The number of para-hydroxylation sites is 1. The van der Waals surface area contributed by atoms with E-state index in [1.54, 1.807) is 34.9 Å². The zero-order valence-corrected chi connectivity index (χ0v) is 15.6. The first-order valence-electron chi connectivity index (χ1n) is 8.24. The lowest BCUT2D eigenvalue weighted by Crippen LogP contribution is -2.42. The van der Waals surface area contributed by atoms with E-state index in [0.717, 1.165) is 11.8 Å². The van der Waals surface area contributed by atoms with Gasteiger partial charge in [-0.3, -0.25) is 29.8 Å². The van der Waals surface area contributed by atoms with E-state index in [1.807, 2.05) is 13.8 Å². The van der Waals surface area contributed by atoms with Crippen LogP contribution in [-0.2, 0) is 4.79 Å². The monoisotopic (exact) mass is 386 g/mol. The van der Waals surface area contributed by atoms with Gasteiger partial charge in [0.25, 0.3) is 5.56 Å². The Hall–Kier alpha value is -3.07. The maximum absolute atomic E-state index is 12.7. The lowest BCUT2D eigenvalue weighted by atomic mass is 10.2. The Kier molecular flexibility index (Phi) is 5.60. The van der Waals surface area contributed by atoms with Crippen molar-refractivity contribution in [3.05, 3.63) is 58.8 Å².